The van der Waals surface area contributed by atoms with Crippen molar-refractivity contribution >= 4 is 116 Å². The molecular weight excluding hydrogens is 1770 g/mol. The number of likely N-dealkylation sites (N-methyl/N-ethyl adjacent to an activating group) is 3. The minimum Gasteiger partial charge on any atom is -0.481 e. The summed E-state index contributed by atoms with van der Waals surface area (Å²) >= 11 is 9.22. The number of hydrogen-bond donors (Lipinski definition) is 5. The third kappa shape index (κ3) is 23.8. The number of aliphatic carboxylic acids is 1. The number of amides is 6. The molecule has 3 aliphatic carbocycles. The first kappa shape index (κ1) is 97.8. The zero-order valence-corrected chi connectivity index (χ0v) is 74.1. The Kier molecular flexibility index (Phi) is 36.8. The van der Waals surface area contributed by atoms with Gasteiger partial charge in [0.25, 0.3) is 23.5 Å². The van der Waals surface area contributed by atoms with Crippen molar-refractivity contribution in [3.63, 3.8) is 0 Å². The summed E-state index contributed by atoms with van der Waals surface area (Å²) in [5, 5.41) is 15.2. The Labute approximate surface area is 727 Å². The molecule has 7 N–H and O–H groups in total. The van der Waals surface area contributed by atoms with Crippen LogP contribution in [0, 0.1) is 90.3 Å². The molecule has 3 saturated carbocycles. The maximum absolute atomic E-state index is 13.8. The molecule has 6 amide bonds. The van der Waals surface area contributed by atoms with Crippen LogP contribution in [0.5, 0.6) is 0 Å². The van der Waals surface area contributed by atoms with Gasteiger partial charge in [0.15, 0.2) is 11.0 Å². The number of anilines is 3. The Hall–Kier alpha value is -8.99. The topological polar surface area (TPSA) is 314 Å². The number of halogens is 5. The van der Waals surface area contributed by atoms with Crippen LogP contribution in [0.25, 0.3) is 0 Å². The van der Waals surface area contributed by atoms with E-state index in [1.165, 1.54) is 4.90 Å². The number of fused-ring (bicyclic) bond motifs is 3. The SMILES string of the molecule is C.CC(=O)C1([C@@H](CC(C)C)C(=O)NC2N=C(c3ccccc3)c3ccccc3N(C)C2=O)CCCC1.CC(=O)C1([C@@H](CC(C)C)C(=O)O)CCCC1.CC(C)C[C@@H](C(=O)NC1N=C(c2ccccc2)c2ccccc2N(C)C1=O)C1(C(N)=O)CCCC1.CN1C(=O)C(N)N=C(c2ccccc2)c2ccccc21.O=C(C(Cl)Cl)C(F)(F)F.[3H][CH2-].[U]. The Bertz CT molecular complexity index is 4390. The summed E-state index contributed by atoms with van der Waals surface area (Å²) < 4.78 is 39.0. The monoisotopic (exact) mass is 1890 g/mol. The number of ketones is 3. The summed E-state index contributed by atoms with van der Waals surface area (Å²) in [6.45, 7) is 15.4. The molecule has 0 bridgehead atoms. The zero-order valence-electron chi connectivity index (χ0n) is 69.4. The van der Waals surface area contributed by atoms with Gasteiger partial charge in [-0.2, -0.15) is 13.2 Å². The molecule has 3 unspecified atom stereocenters. The average molecular weight is 1890 g/mol. The molecule has 0 saturated heterocycles. The molecule has 3 aliphatic heterocycles. The minimum absolute atomic E-state index is 0. The number of benzodiazepines with no additional fused rings is 3. The quantitative estimate of drug-likeness (QED) is 0.0332. The van der Waals surface area contributed by atoms with Crippen molar-refractivity contribution in [2.45, 2.75) is 189 Å². The predicted octanol–water partition coefficient (Wildman–Crippen LogP) is 16.1. The number of carboxylic acid groups (broad SMARTS) is 1. The zero-order chi connectivity index (χ0) is 86.4. The number of hydrogen-bond acceptors (Lipinski definition) is 14. The van der Waals surface area contributed by atoms with Gasteiger partial charge in [0.1, 0.15) is 11.6 Å². The molecule has 0 spiro atoms. The van der Waals surface area contributed by atoms with Gasteiger partial charge in [0.2, 0.25) is 30.1 Å². The molecule has 27 heteroatoms. The van der Waals surface area contributed by atoms with E-state index in [0.717, 1.165) is 120 Å². The molecule has 118 heavy (non-hydrogen) atoms. The first-order valence-corrected chi connectivity index (χ1v) is 40.1. The van der Waals surface area contributed by atoms with Crippen molar-refractivity contribution in [3.05, 3.63) is 205 Å². The molecular formula is C91H114Cl2F3N10O11U-. The predicted molar refractivity (Wildman–Crippen MR) is 457 cm³/mol. The van der Waals surface area contributed by atoms with E-state index >= 15 is 0 Å². The molecule has 634 valence electrons. The van der Waals surface area contributed by atoms with Gasteiger partial charge in [-0.05, 0) is 108 Å². The third-order valence-electron chi connectivity index (χ3n) is 22.7. The van der Waals surface area contributed by atoms with E-state index < -0.39 is 81.2 Å². The Balaban J connectivity index is 0.000000280. The summed E-state index contributed by atoms with van der Waals surface area (Å²) in [5.74, 6) is -5.51. The second-order valence-electron chi connectivity index (χ2n) is 31.7. The number of nitrogens with one attached hydrogen (secondary N) is 2. The largest absolute Gasteiger partial charge is 0.481 e. The second-order valence-corrected chi connectivity index (χ2v) is 32.8. The van der Waals surface area contributed by atoms with E-state index in [1.807, 2.05) is 191 Å². The number of para-hydroxylation sites is 3. The van der Waals surface area contributed by atoms with Gasteiger partial charge >= 0.3 is 12.1 Å². The number of alkyl halides is 5. The van der Waals surface area contributed by atoms with Crippen LogP contribution in [0.2, 0.25) is 0 Å². The molecule has 0 aromatic heterocycles. The first-order chi connectivity index (χ1) is 55.4. The average Bonchev–Trinajstić information content (AvgIpc) is 1.61. The van der Waals surface area contributed by atoms with E-state index in [-0.39, 0.29) is 91.5 Å². The van der Waals surface area contributed by atoms with Gasteiger partial charge < -0.3 is 49.3 Å². The van der Waals surface area contributed by atoms with Gasteiger partial charge in [-0.3, -0.25) is 52.9 Å². The minimum atomic E-state index is -4.92. The maximum Gasteiger partial charge on any atom is 0.452 e. The van der Waals surface area contributed by atoms with Crippen molar-refractivity contribution in [3.8, 4) is 0 Å². The number of Topliss-reactive ketones (excluding diaryl/α,β-unsaturated/α-hetero) is 3. The van der Waals surface area contributed by atoms with Gasteiger partial charge in [-0.1, -0.05) is 256 Å². The maximum atomic E-state index is 13.8. The summed E-state index contributed by atoms with van der Waals surface area (Å²) in [5.41, 5.74) is 19.3. The van der Waals surface area contributed by atoms with Crippen LogP contribution in [-0.2, 0) is 47.9 Å². The smallest absolute Gasteiger partial charge is 0.452 e. The fourth-order valence-electron chi connectivity index (χ4n) is 16.7. The van der Waals surface area contributed by atoms with Crippen LogP contribution in [-0.4, -0.2) is 132 Å². The number of carbonyl (C=O) groups excluding carboxylic acids is 9. The molecule has 6 atom stereocenters. The van der Waals surface area contributed by atoms with Crippen molar-refractivity contribution in [1.29, 1.82) is 0 Å². The molecule has 12 rings (SSSR count). The van der Waals surface area contributed by atoms with Gasteiger partial charge in [-0.25, -0.2) is 11.4 Å². The number of carbonyl (C=O) groups is 10. The normalized spacial score (nSPS) is 18.9. The number of nitrogens with two attached hydrogens (primary N) is 2. The molecule has 21 nitrogen and oxygen atoms in total. The van der Waals surface area contributed by atoms with E-state index in [1.54, 1.807) is 44.8 Å². The number of primary amides is 1. The molecule has 3 heterocycles. The summed E-state index contributed by atoms with van der Waals surface area (Å²) in [6.07, 6.45) is 3.45. The fourth-order valence-corrected chi connectivity index (χ4v) is 16.9. The molecule has 3 fully saturated rings. The Morgan fingerprint density at radius 2 is 0.763 bits per heavy atom. The van der Waals surface area contributed by atoms with Crippen LogP contribution >= 0.6 is 23.2 Å². The van der Waals surface area contributed by atoms with E-state index in [4.69, 9.17) is 22.8 Å². The van der Waals surface area contributed by atoms with E-state index in [9.17, 15) is 66.2 Å². The van der Waals surface area contributed by atoms with E-state index in [0.29, 0.717) is 49.4 Å². The van der Waals surface area contributed by atoms with Crippen LogP contribution in [0.1, 0.15) is 194 Å². The van der Waals surface area contributed by atoms with Crippen LogP contribution in [0.15, 0.2) is 179 Å². The van der Waals surface area contributed by atoms with Crippen molar-refractivity contribution in [2.75, 3.05) is 35.8 Å². The second kappa shape index (κ2) is 44.3. The summed E-state index contributed by atoms with van der Waals surface area (Å²) in [4.78, 5) is 142. The molecule has 6 aromatic carbocycles. The first-order valence-electron chi connectivity index (χ1n) is 39.9. The Morgan fingerprint density at radius 3 is 1.04 bits per heavy atom. The van der Waals surface area contributed by atoms with Crippen LogP contribution in [0.4, 0.5) is 30.2 Å². The van der Waals surface area contributed by atoms with Gasteiger partial charge in [0, 0.05) is 96.5 Å². The van der Waals surface area contributed by atoms with Crippen LogP contribution < -0.4 is 36.8 Å². The number of nitrogens with zero attached hydrogens (tertiary/aromatic N) is 6. The number of benzene rings is 6. The fraction of sp³-hybridized carbons (Fsp3) is 0.451. The third-order valence-corrected chi connectivity index (χ3v) is 23.1. The van der Waals surface area contributed by atoms with Crippen molar-refractivity contribution < 1.29 is 98.7 Å². The number of aliphatic imine (C=N–C) groups is 3. The molecule has 6 aliphatic rings. The molecule has 6 aromatic rings. The standard InChI is InChI=1S/C29H35N3O3.C28H34N4O3.C16H15N3O.C13H22O3.C3HCl2F3O.CH4.CH3.U/c1-19(2)18-23(29(20(3)33)16-10-11-17-29)27(34)31-26-28(35)32(4)24-15-9-8-14-22(24)25(30-26)21-12-6-5-7-13-21;1-18(2)17-21(28(27(29)35)15-9-10-16-28)25(33)31-24-26(34)32(3)22-14-8-7-13-20(22)23(30-24)19-11-5-4-6-12-19;1-19-13-10-6-5-9-12(13)14(18-15(17)16(19)20)11-7-3-2-4-8-11;1-9(2)8-11(12(15)16)13(10(3)14)6-4-5-7-13;4-2(5)1(9)3(6,7)8;;;/h5-9,12-15,19,23,26H,10-11,16-18H2,1-4H3,(H,31,34);4-8,11-14,18,21,24H,9-10,15-17H2,1-3H3,(H2,29,35)(H,31,33);2-10,15H,17H2,1H3;9,11H,4-8H2,1-3H3,(H,15,16);2H;1H4;1H3;/q;;;;;;-1;/t23-,26?;21-,24?;;11-;;;;/m00.0..../s1/i;;;;;;1T;. The summed E-state index contributed by atoms with van der Waals surface area (Å²) in [6, 6.07) is 52.0. The van der Waals surface area contributed by atoms with Crippen molar-refractivity contribution in [2.24, 2.45) is 78.2 Å². The van der Waals surface area contributed by atoms with Gasteiger partial charge in [-0.15, -0.1) is 0 Å². The Morgan fingerprint density at radius 1 is 0.492 bits per heavy atom. The summed E-state index contributed by atoms with van der Waals surface area (Å²) in [7, 11) is 7.63. The van der Waals surface area contributed by atoms with E-state index in [2.05, 4.69) is 60.1 Å². The van der Waals surface area contributed by atoms with Crippen LogP contribution in [0.3, 0.4) is 0 Å². The number of carboxylic acids is 1. The molecule has 0 radical (unpaired) electrons. The number of rotatable bonds is 21. The van der Waals surface area contributed by atoms with Crippen molar-refractivity contribution in [1.82, 2.24) is 10.6 Å². The van der Waals surface area contributed by atoms with Gasteiger partial charge in [0.05, 0.1) is 57.4 Å².